The summed E-state index contributed by atoms with van der Waals surface area (Å²) in [5.74, 6) is -1.11. The molecule has 0 radical (unpaired) electrons. The first kappa shape index (κ1) is 56.6. The van der Waals surface area contributed by atoms with Gasteiger partial charge in [0.2, 0.25) is 23.6 Å². The molecule has 0 fully saturated rings. The van der Waals surface area contributed by atoms with Crippen LogP contribution in [0.5, 0.6) is 23.0 Å². The second-order valence-corrected chi connectivity index (χ2v) is 23.1. The molecule has 0 aromatic heterocycles. The Kier molecular flexibility index (Phi) is 26.0. The van der Waals surface area contributed by atoms with Gasteiger partial charge in [-0.3, -0.25) is 19.2 Å². The van der Waals surface area contributed by atoms with E-state index in [0.717, 1.165) is 12.7 Å². The molecule has 2 rings (SSSR count). The van der Waals surface area contributed by atoms with Crippen molar-refractivity contribution in [1.29, 1.82) is 0 Å². The Hall–Kier alpha value is -4.72. The predicted octanol–water partition coefficient (Wildman–Crippen LogP) is 6.59. The highest BCUT2D eigenvalue weighted by atomic mass is 16.5. The van der Waals surface area contributed by atoms with E-state index in [9.17, 15) is 29.4 Å². The van der Waals surface area contributed by atoms with Crippen LogP contribution in [0.4, 0.5) is 0 Å². The summed E-state index contributed by atoms with van der Waals surface area (Å²) in [6.07, 6.45) is -2.24. The van der Waals surface area contributed by atoms with Crippen molar-refractivity contribution in [3.05, 3.63) is 47.5 Å². The monoisotopic (exact) mass is 1110 g/mol. The minimum Gasteiger partial charge on any atom is -0.493 e. The van der Waals surface area contributed by atoms with Crippen LogP contribution in [0.25, 0.3) is 0 Å². The van der Waals surface area contributed by atoms with E-state index in [1.165, 1.54) is 13.2 Å². The van der Waals surface area contributed by atoms with Crippen LogP contribution in [0.15, 0.2) is 36.4 Å². The fraction of sp³-hybridized carbons (Fsp3) is 0.733. The van der Waals surface area contributed by atoms with Gasteiger partial charge in [0, 0.05) is 79.9 Å². The Morgan fingerprint density at radius 1 is 0.590 bits per heavy atom. The van der Waals surface area contributed by atoms with E-state index in [-0.39, 0.29) is 98.0 Å². The van der Waals surface area contributed by atoms with Gasteiger partial charge in [-0.2, -0.15) is 0 Å². The molecule has 8 atom stereocenters. The van der Waals surface area contributed by atoms with E-state index in [2.05, 4.69) is 29.2 Å². The van der Waals surface area contributed by atoms with Gasteiger partial charge in [0.25, 0.3) is 0 Å². The summed E-state index contributed by atoms with van der Waals surface area (Å²) in [7, 11) is 1.42. The van der Waals surface area contributed by atoms with Gasteiger partial charge in [0.05, 0.1) is 60.0 Å². The SMILES string of the molecule is [2H]C([2H])(OC)C([2H])([2H])C([2H])([2H])Oc1cc(C[C@@H](C[C@H](N)[C@@H](O)C[C@H](C(=O)NCC(C)(C)C(N)=O)C(C)C)C(C)C)ccc1OC.[2H]C([2H])([2H])OCCCOc1cc(C[C@@H](C[C@H](N)[C@@H](O)C[C@H](C(=O)NCC(C)(C)C(N)=O)C(C)C)C(C)C)ccc1OC. The Morgan fingerprint density at radius 3 is 1.35 bits per heavy atom. The summed E-state index contributed by atoms with van der Waals surface area (Å²) in [5.41, 5.74) is 23.7. The van der Waals surface area contributed by atoms with Gasteiger partial charge < -0.3 is 72.2 Å². The maximum absolute atomic E-state index is 13.0. The Bertz CT molecular complexity index is 2450. The highest BCUT2D eigenvalue weighted by Gasteiger charge is 2.34. The number of aliphatic hydroxyl groups is 2. The van der Waals surface area contributed by atoms with Crippen molar-refractivity contribution in [2.24, 2.45) is 81.1 Å². The van der Waals surface area contributed by atoms with E-state index in [1.54, 1.807) is 46.9 Å². The van der Waals surface area contributed by atoms with Crippen LogP contribution >= 0.6 is 0 Å². The van der Waals surface area contributed by atoms with Crippen LogP contribution in [0.2, 0.25) is 0 Å². The van der Waals surface area contributed by atoms with E-state index >= 15 is 0 Å². The minimum atomic E-state index is -3.19. The van der Waals surface area contributed by atoms with Crippen molar-refractivity contribution in [2.45, 2.75) is 159 Å². The maximum atomic E-state index is 13.0. The topological polar surface area (TPSA) is 292 Å². The Balaban J connectivity index is 0.000000872. The lowest BCUT2D eigenvalue weighted by Crippen LogP contribution is -2.46. The van der Waals surface area contributed by atoms with Crippen molar-refractivity contribution >= 4 is 23.6 Å². The number of amides is 4. The number of hydrogen-bond acceptors (Lipinski definition) is 14. The first-order valence-corrected chi connectivity index (χ1v) is 27.2. The van der Waals surface area contributed by atoms with Crippen LogP contribution < -0.4 is 52.5 Å². The molecule has 0 aliphatic carbocycles. The lowest BCUT2D eigenvalue weighted by atomic mass is 9.80. The third kappa shape index (κ3) is 25.6. The molecule has 0 aliphatic heterocycles. The summed E-state index contributed by atoms with van der Waals surface area (Å²) in [6, 6.07) is 9.33. The largest absolute Gasteiger partial charge is 0.493 e. The molecule has 2 aromatic carbocycles. The smallest absolute Gasteiger partial charge is 0.224 e. The molecule has 18 heteroatoms. The summed E-state index contributed by atoms with van der Waals surface area (Å²) >= 11 is 0. The van der Waals surface area contributed by atoms with Gasteiger partial charge in [-0.15, -0.1) is 0 Å². The number of nitrogens with one attached hydrogen (secondary N) is 2. The van der Waals surface area contributed by atoms with Crippen molar-refractivity contribution in [3.8, 4) is 23.0 Å². The van der Waals surface area contributed by atoms with Crippen molar-refractivity contribution in [3.63, 3.8) is 0 Å². The molecule has 0 bridgehead atoms. The van der Waals surface area contributed by atoms with Gasteiger partial charge in [-0.05, 0) is 137 Å². The standard InChI is InChI=1S/2C30H53N3O6/c2*1-19(2)22(14-21-10-11-26(38-8)27(15-21)39-13-9-12-37-7)16-24(31)25(34)17-23(20(3)4)28(35)33-18-30(5,6)29(32)36/h2*10-11,15,19-20,22-25,34H,9,12-14,16-18,31H2,1-8H3,(H2,32,36)(H,33,35)/t2*22-,23-,24-,25-/m00/s1/i9D2,12D2,13D2;7D3. The maximum Gasteiger partial charge on any atom is 0.224 e. The zero-order chi connectivity index (χ0) is 67.4. The molecule has 448 valence electrons. The molecule has 18 nitrogen and oxygen atoms in total. The van der Waals surface area contributed by atoms with Crippen LogP contribution in [0.3, 0.4) is 0 Å². The number of nitrogens with two attached hydrogens (primary N) is 4. The van der Waals surface area contributed by atoms with E-state index in [1.807, 2.05) is 59.7 Å². The minimum absolute atomic E-state index is 0.0396. The van der Waals surface area contributed by atoms with Crippen LogP contribution in [0.1, 0.15) is 145 Å². The zero-order valence-electron chi connectivity index (χ0n) is 58.5. The van der Waals surface area contributed by atoms with Gasteiger partial charge in [0.15, 0.2) is 23.0 Å². The average Bonchev–Trinajstić information content (AvgIpc) is 0.888. The highest BCUT2D eigenvalue weighted by molar-refractivity contribution is 5.83. The summed E-state index contributed by atoms with van der Waals surface area (Å²) in [5, 5.41) is 27.7. The van der Waals surface area contributed by atoms with Crippen LogP contribution in [-0.2, 0) is 41.5 Å². The molecule has 0 unspecified atom stereocenters. The van der Waals surface area contributed by atoms with E-state index in [0.29, 0.717) is 49.2 Å². The van der Waals surface area contributed by atoms with Crippen molar-refractivity contribution < 1.29 is 70.1 Å². The molecule has 2 aromatic rings. The number of carbonyl (C=O) groups excluding carboxylic acids is 4. The number of primary amides is 2. The van der Waals surface area contributed by atoms with Crippen molar-refractivity contribution in [1.82, 2.24) is 10.6 Å². The number of carbonyl (C=O) groups is 4. The number of benzene rings is 2. The molecule has 0 aliphatic rings. The quantitative estimate of drug-likeness (QED) is 0.0330. The number of methoxy groups -OCH3 is 4. The lowest BCUT2D eigenvalue weighted by molar-refractivity contribution is -0.131. The third-order valence-electron chi connectivity index (χ3n) is 14.5. The number of aliphatic hydroxyl groups excluding tert-OH is 2. The van der Waals surface area contributed by atoms with E-state index in [4.69, 9.17) is 59.0 Å². The summed E-state index contributed by atoms with van der Waals surface area (Å²) in [6.45, 7) is 16.8. The fourth-order valence-electron chi connectivity index (χ4n) is 8.44. The molecule has 0 saturated carbocycles. The first-order valence-electron chi connectivity index (χ1n) is 31.7. The van der Waals surface area contributed by atoms with Gasteiger partial charge in [-0.1, -0.05) is 67.5 Å². The fourth-order valence-corrected chi connectivity index (χ4v) is 8.44. The normalized spacial score (nSPS) is 17.5. The predicted molar refractivity (Wildman–Crippen MR) is 309 cm³/mol. The van der Waals surface area contributed by atoms with Gasteiger partial charge >= 0.3 is 0 Å². The second-order valence-electron chi connectivity index (χ2n) is 23.1. The molecule has 0 saturated heterocycles. The Labute approximate surface area is 481 Å². The van der Waals surface area contributed by atoms with Crippen LogP contribution in [-0.4, -0.2) is 126 Å². The number of rotatable bonds is 38. The van der Waals surface area contributed by atoms with E-state index < -0.39 is 85.3 Å². The zero-order valence-corrected chi connectivity index (χ0v) is 49.5. The molecular weight excluding hydrogens is 997 g/mol. The molecule has 78 heavy (non-hydrogen) atoms. The van der Waals surface area contributed by atoms with Crippen LogP contribution in [0, 0.1) is 58.2 Å². The molecule has 0 spiro atoms. The molecule has 4 amide bonds. The summed E-state index contributed by atoms with van der Waals surface area (Å²) in [4.78, 5) is 49.2. The molecule has 0 heterocycles. The first-order chi connectivity index (χ1) is 39.8. The van der Waals surface area contributed by atoms with Gasteiger partial charge in [0.1, 0.15) is 0 Å². The lowest BCUT2D eigenvalue weighted by Gasteiger charge is -2.30. The highest BCUT2D eigenvalue weighted by Crippen LogP contribution is 2.34. The molecule has 12 N–H and O–H groups in total. The molecular formula is C60H106N6O12. The summed E-state index contributed by atoms with van der Waals surface area (Å²) < 4.78 is 101. The third-order valence-corrected chi connectivity index (χ3v) is 14.5. The number of ether oxygens (including phenoxy) is 6. The Morgan fingerprint density at radius 2 is 1.00 bits per heavy atom. The number of hydrogen-bond donors (Lipinski definition) is 8. The van der Waals surface area contributed by atoms with Gasteiger partial charge in [-0.25, -0.2) is 0 Å². The van der Waals surface area contributed by atoms with Crippen molar-refractivity contribution in [2.75, 3.05) is 67.8 Å². The second kappa shape index (κ2) is 35.8. The average molecular weight is 1110 g/mol.